The summed E-state index contributed by atoms with van der Waals surface area (Å²) in [6.07, 6.45) is 2.04. The molecule has 0 spiro atoms. The Bertz CT molecular complexity index is 549. The quantitative estimate of drug-likeness (QED) is 0.699. The Labute approximate surface area is 127 Å². The summed E-state index contributed by atoms with van der Waals surface area (Å²) in [6, 6.07) is 8.19. The van der Waals surface area contributed by atoms with Crippen LogP contribution in [0.4, 0.5) is 0 Å². The van der Waals surface area contributed by atoms with Crippen LogP contribution in [-0.2, 0) is 0 Å². The molecule has 0 atom stereocenters. The molecule has 0 bridgehead atoms. The fourth-order valence-corrected chi connectivity index (χ4v) is 2.93. The first-order chi connectivity index (χ1) is 8.88. The first-order valence-corrected chi connectivity index (χ1v) is 7.12. The van der Waals surface area contributed by atoms with E-state index in [1.54, 1.807) is 0 Å². The van der Waals surface area contributed by atoms with Gasteiger partial charge in [-0.2, -0.15) is 0 Å². The molecule has 1 N–H and O–H groups in total. The van der Waals surface area contributed by atoms with E-state index in [0.717, 1.165) is 23.8 Å². The first kappa shape index (κ1) is 14.3. The molecule has 0 saturated heterocycles. The Morgan fingerprint density at radius 1 is 1.32 bits per heavy atom. The van der Waals surface area contributed by atoms with Crippen molar-refractivity contribution in [1.82, 2.24) is 0 Å². The average molecular weight is 339 g/mol. The predicted molar refractivity (Wildman–Crippen MR) is 76.3 cm³/mol. The third-order valence-electron chi connectivity index (χ3n) is 2.90. The first-order valence-electron chi connectivity index (χ1n) is 6.13. The normalized spacial score (nSPS) is 16.8. The zero-order valence-electron chi connectivity index (χ0n) is 10.6. The number of thioether (sulfide) groups is 1. The number of allylic oxidation sites excluding steroid dienone is 1. The van der Waals surface area contributed by atoms with Gasteiger partial charge in [-0.3, -0.25) is 4.99 Å². The van der Waals surface area contributed by atoms with Gasteiger partial charge in [0.1, 0.15) is 5.75 Å². The molecule has 2 aliphatic rings. The highest BCUT2D eigenvalue weighted by Crippen LogP contribution is 2.24. The minimum Gasteiger partial charge on any atom is -1.00 e. The van der Waals surface area contributed by atoms with Gasteiger partial charge in [0.2, 0.25) is 0 Å². The highest BCUT2D eigenvalue weighted by molar-refractivity contribution is 8.15. The molecular formula is C14H15BrN2OS. The summed E-state index contributed by atoms with van der Waals surface area (Å²) in [7, 11) is 0. The van der Waals surface area contributed by atoms with E-state index in [2.05, 4.69) is 22.1 Å². The molecule has 100 valence electrons. The Hall–Kier alpha value is -1.07. The Balaban J connectivity index is 0.00000133. The Morgan fingerprint density at radius 2 is 2.11 bits per heavy atom. The summed E-state index contributed by atoms with van der Waals surface area (Å²) in [4.78, 5) is 7.91. The lowest BCUT2D eigenvalue weighted by molar-refractivity contribution is -0.363. The van der Waals surface area contributed by atoms with E-state index >= 15 is 0 Å². The third-order valence-corrected chi connectivity index (χ3v) is 3.89. The molecule has 1 aromatic rings. The number of fused-ring (bicyclic) bond motifs is 1. The zero-order chi connectivity index (χ0) is 12.4. The predicted octanol–water partition coefficient (Wildman–Crippen LogP) is -1.89. The van der Waals surface area contributed by atoms with Gasteiger partial charge in [-0.1, -0.05) is 23.9 Å². The summed E-state index contributed by atoms with van der Waals surface area (Å²) in [5.41, 5.74) is 3.47. The Kier molecular flexibility index (Phi) is 4.82. The smallest absolute Gasteiger partial charge is 0.264 e. The standard InChI is InChI=1S/C14H14N2OS.BrH/c1-2-17-11-5-3-10(4-6-11)12-9-16-14-13(12)15-7-8-18-14;/h3-6,9H,2,7-8H2,1H3;1H. The molecule has 0 aliphatic carbocycles. The van der Waals surface area contributed by atoms with Crippen LogP contribution in [0.1, 0.15) is 12.5 Å². The molecule has 2 aliphatic heterocycles. The highest BCUT2D eigenvalue weighted by Gasteiger charge is 2.29. The second-order valence-corrected chi connectivity index (χ2v) is 5.17. The number of aliphatic imine (C=N–C) groups is 1. The molecule has 19 heavy (non-hydrogen) atoms. The summed E-state index contributed by atoms with van der Waals surface area (Å²) in [6.45, 7) is 3.59. The van der Waals surface area contributed by atoms with Crippen LogP contribution in [0.3, 0.4) is 0 Å². The lowest BCUT2D eigenvalue weighted by atomic mass is 10.0. The maximum atomic E-state index is 5.46. The van der Waals surface area contributed by atoms with Crippen molar-refractivity contribution in [2.45, 2.75) is 6.92 Å². The second kappa shape index (κ2) is 6.39. The van der Waals surface area contributed by atoms with E-state index in [-0.39, 0.29) is 17.0 Å². The van der Waals surface area contributed by atoms with Gasteiger partial charge in [0.15, 0.2) is 11.9 Å². The molecule has 2 heterocycles. The lowest BCUT2D eigenvalue weighted by Gasteiger charge is -2.08. The van der Waals surface area contributed by atoms with Crippen molar-refractivity contribution in [2.24, 2.45) is 4.99 Å². The van der Waals surface area contributed by atoms with Gasteiger partial charge in [0, 0.05) is 12.3 Å². The number of rotatable bonds is 3. The topological polar surface area (TPSA) is 35.6 Å². The average Bonchev–Trinajstić information content (AvgIpc) is 2.84. The molecule has 0 saturated carbocycles. The third kappa shape index (κ3) is 2.92. The molecule has 0 unspecified atom stereocenters. The molecule has 5 heteroatoms. The van der Waals surface area contributed by atoms with Crippen LogP contribution in [0.2, 0.25) is 0 Å². The van der Waals surface area contributed by atoms with E-state index in [4.69, 9.17) is 4.74 Å². The molecule has 0 amide bonds. The van der Waals surface area contributed by atoms with Crippen molar-refractivity contribution < 1.29 is 26.7 Å². The number of hydrogen-bond acceptors (Lipinski definition) is 3. The molecular weight excluding hydrogens is 324 g/mol. The lowest BCUT2D eigenvalue weighted by Crippen LogP contribution is -3.00. The van der Waals surface area contributed by atoms with Crippen molar-refractivity contribution in [3.8, 4) is 5.75 Å². The molecule has 0 radical (unpaired) electrons. The van der Waals surface area contributed by atoms with Gasteiger partial charge in [-0.25, -0.2) is 4.99 Å². The van der Waals surface area contributed by atoms with Crippen LogP contribution in [0.15, 0.2) is 35.5 Å². The van der Waals surface area contributed by atoms with Gasteiger partial charge in [-0.05, 0) is 24.6 Å². The maximum Gasteiger partial charge on any atom is 0.264 e. The molecule has 3 rings (SSSR count). The van der Waals surface area contributed by atoms with Crippen molar-refractivity contribution >= 4 is 28.1 Å². The number of halogens is 1. The van der Waals surface area contributed by atoms with Crippen LogP contribution in [0, 0.1) is 0 Å². The van der Waals surface area contributed by atoms with E-state index < -0.39 is 0 Å². The molecule has 0 aromatic heterocycles. The van der Waals surface area contributed by atoms with Crippen LogP contribution < -0.4 is 26.7 Å². The van der Waals surface area contributed by atoms with Crippen LogP contribution in [-0.4, -0.2) is 29.7 Å². The fourth-order valence-electron chi connectivity index (χ4n) is 2.09. The second-order valence-electron chi connectivity index (χ2n) is 4.07. The fraction of sp³-hybridized carbons (Fsp3) is 0.286. The summed E-state index contributed by atoms with van der Waals surface area (Å²) < 4.78 is 5.46. The van der Waals surface area contributed by atoms with E-state index in [9.17, 15) is 0 Å². The van der Waals surface area contributed by atoms with Crippen molar-refractivity contribution in [3.05, 3.63) is 36.0 Å². The number of nitrogens with one attached hydrogen (secondary N) is 1. The molecule has 1 aromatic carbocycles. The van der Waals surface area contributed by atoms with Gasteiger partial charge < -0.3 is 21.7 Å². The number of nitrogens with zero attached hydrogens (tertiary/aromatic N) is 1. The van der Waals surface area contributed by atoms with Crippen molar-refractivity contribution in [3.63, 3.8) is 0 Å². The van der Waals surface area contributed by atoms with Gasteiger partial charge in [0.05, 0.1) is 12.2 Å². The van der Waals surface area contributed by atoms with Crippen LogP contribution in [0.25, 0.3) is 5.57 Å². The van der Waals surface area contributed by atoms with Crippen LogP contribution in [0.5, 0.6) is 5.75 Å². The van der Waals surface area contributed by atoms with Gasteiger partial charge >= 0.3 is 0 Å². The number of hydrogen-bond donors (Lipinski definition) is 1. The van der Waals surface area contributed by atoms with Crippen molar-refractivity contribution in [2.75, 3.05) is 18.9 Å². The largest absolute Gasteiger partial charge is 1.00 e. The maximum absolute atomic E-state index is 5.46. The van der Waals surface area contributed by atoms with Crippen molar-refractivity contribution in [1.29, 1.82) is 0 Å². The zero-order valence-corrected chi connectivity index (χ0v) is 13.1. The van der Waals surface area contributed by atoms with E-state index in [1.165, 1.54) is 16.2 Å². The number of ether oxygens (including phenoxy) is 1. The SMILES string of the molecule is CCOc1ccc(C2=C[NH+]=C3SCCN=C23)cc1.[Br-]. The summed E-state index contributed by atoms with van der Waals surface area (Å²) >= 11 is 1.84. The minimum atomic E-state index is 0. The minimum absolute atomic E-state index is 0. The monoisotopic (exact) mass is 338 g/mol. The highest BCUT2D eigenvalue weighted by atomic mass is 79.9. The Morgan fingerprint density at radius 3 is 2.84 bits per heavy atom. The number of benzene rings is 1. The van der Waals surface area contributed by atoms with Gasteiger partial charge in [-0.15, -0.1) is 0 Å². The van der Waals surface area contributed by atoms with Gasteiger partial charge in [0.25, 0.3) is 5.04 Å². The van der Waals surface area contributed by atoms with Crippen LogP contribution >= 0.6 is 11.8 Å². The summed E-state index contributed by atoms with van der Waals surface area (Å²) in [5.74, 6) is 1.98. The van der Waals surface area contributed by atoms with E-state index in [0.29, 0.717) is 6.61 Å². The summed E-state index contributed by atoms with van der Waals surface area (Å²) in [5, 5.41) is 1.19. The molecule has 0 fully saturated rings. The van der Waals surface area contributed by atoms with E-state index in [1.807, 2.05) is 37.0 Å². The molecule has 3 nitrogen and oxygen atoms in total.